The SMILES string of the molecule is Cc1ccc(NC(=O)CCNS(=O)(=O)/C=C/c2ccc(Cl)cc2)c(Cl)c1. The molecule has 0 radical (unpaired) electrons. The van der Waals surface area contributed by atoms with E-state index in [2.05, 4.69) is 10.0 Å². The molecule has 0 spiro atoms. The Balaban J connectivity index is 1.83. The third-order valence-corrected chi connectivity index (χ3v) is 5.03. The van der Waals surface area contributed by atoms with Gasteiger partial charge < -0.3 is 5.32 Å². The van der Waals surface area contributed by atoms with Crippen molar-refractivity contribution in [2.75, 3.05) is 11.9 Å². The number of halogens is 2. The summed E-state index contributed by atoms with van der Waals surface area (Å²) in [5, 5.41) is 4.70. The Labute approximate surface area is 163 Å². The first-order valence-corrected chi connectivity index (χ1v) is 10.0. The molecule has 138 valence electrons. The molecule has 1 amide bonds. The number of nitrogens with one attached hydrogen (secondary N) is 2. The largest absolute Gasteiger partial charge is 0.325 e. The van der Waals surface area contributed by atoms with Crippen LogP contribution in [0.25, 0.3) is 6.08 Å². The van der Waals surface area contributed by atoms with Crippen LogP contribution < -0.4 is 10.0 Å². The number of hydrogen-bond acceptors (Lipinski definition) is 3. The second kappa shape index (κ2) is 9.19. The smallest absolute Gasteiger partial charge is 0.233 e. The lowest BCUT2D eigenvalue weighted by Gasteiger charge is -2.08. The highest BCUT2D eigenvalue weighted by atomic mass is 35.5. The molecule has 2 N–H and O–H groups in total. The molecule has 0 saturated heterocycles. The predicted octanol–water partition coefficient (Wildman–Crippen LogP) is 4.22. The molecule has 5 nitrogen and oxygen atoms in total. The predicted molar refractivity (Wildman–Crippen MR) is 107 cm³/mol. The molecule has 0 fully saturated rings. The summed E-state index contributed by atoms with van der Waals surface area (Å²) >= 11 is 11.8. The van der Waals surface area contributed by atoms with Crippen molar-refractivity contribution < 1.29 is 13.2 Å². The third-order valence-electron chi connectivity index (χ3n) is 3.36. The molecule has 0 unspecified atom stereocenters. The lowest BCUT2D eigenvalue weighted by molar-refractivity contribution is -0.116. The van der Waals surface area contributed by atoms with E-state index in [0.29, 0.717) is 21.3 Å². The number of amides is 1. The summed E-state index contributed by atoms with van der Waals surface area (Å²) in [5.74, 6) is -0.333. The summed E-state index contributed by atoms with van der Waals surface area (Å²) in [5.41, 5.74) is 2.17. The van der Waals surface area contributed by atoms with Gasteiger partial charge in [0.05, 0.1) is 10.7 Å². The van der Waals surface area contributed by atoms with Crippen LogP contribution in [0.2, 0.25) is 10.0 Å². The number of carbonyl (C=O) groups is 1. The van der Waals surface area contributed by atoms with E-state index < -0.39 is 10.0 Å². The number of aryl methyl sites for hydroxylation is 1. The van der Waals surface area contributed by atoms with Gasteiger partial charge in [-0.2, -0.15) is 0 Å². The fraction of sp³-hybridized carbons (Fsp3) is 0.167. The zero-order chi connectivity index (χ0) is 19.2. The summed E-state index contributed by atoms with van der Waals surface area (Å²) in [6, 6.07) is 12.0. The van der Waals surface area contributed by atoms with Crippen molar-refractivity contribution in [3.63, 3.8) is 0 Å². The second-order valence-corrected chi connectivity index (χ2v) is 8.07. The van der Waals surface area contributed by atoms with E-state index in [-0.39, 0.29) is 18.9 Å². The first-order valence-electron chi connectivity index (χ1n) is 7.74. The van der Waals surface area contributed by atoms with Gasteiger partial charge >= 0.3 is 0 Å². The third kappa shape index (κ3) is 6.80. The Hall–Kier alpha value is -1.86. The van der Waals surface area contributed by atoms with Crippen molar-refractivity contribution in [1.29, 1.82) is 0 Å². The molecule has 0 heterocycles. The Kier molecular flexibility index (Phi) is 7.23. The van der Waals surface area contributed by atoms with Gasteiger partial charge in [-0.15, -0.1) is 0 Å². The van der Waals surface area contributed by atoms with E-state index >= 15 is 0 Å². The summed E-state index contributed by atoms with van der Waals surface area (Å²) in [7, 11) is -3.64. The molecule has 8 heteroatoms. The Morgan fingerprint density at radius 1 is 1.12 bits per heavy atom. The second-order valence-electron chi connectivity index (χ2n) is 5.58. The van der Waals surface area contributed by atoms with Gasteiger partial charge in [0.2, 0.25) is 15.9 Å². The van der Waals surface area contributed by atoms with E-state index in [1.165, 1.54) is 6.08 Å². The zero-order valence-electron chi connectivity index (χ0n) is 14.0. The lowest BCUT2D eigenvalue weighted by Crippen LogP contribution is -2.26. The molecule has 2 aromatic rings. The molecule has 26 heavy (non-hydrogen) atoms. The van der Waals surface area contributed by atoms with Crippen LogP contribution >= 0.6 is 23.2 Å². The van der Waals surface area contributed by atoms with E-state index in [9.17, 15) is 13.2 Å². The maximum absolute atomic E-state index is 11.9. The van der Waals surface area contributed by atoms with Gasteiger partial charge in [-0.05, 0) is 48.4 Å². The molecule has 0 bridgehead atoms. The summed E-state index contributed by atoms with van der Waals surface area (Å²) in [4.78, 5) is 11.9. The summed E-state index contributed by atoms with van der Waals surface area (Å²) in [6.07, 6.45) is 1.43. The van der Waals surface area contributed by atoms with Gasteiger partial charge in [-0.3, -0.25) is 4.79 Å². The quantitative estimate of drug-likeness (QED) is 0.714. The van der Waals surface area contributed by atoms with Crippen LogP contribution in [0.5, 0.6) is 0 Å². The van der Waals surface area contributed by atoms with Gasteiger partial charge in [-0.1, -0.05) is 41.4 Å². The van der Waals surface area contributed by atoms with Crippen LogP contribution in [0, 0.1) is 6.92 Å². The van der Waals surface area contributed by atoms with Crippen molar-refractivity contribution in [3.05, 3.63) is 69.0 Å². The van der Waals surface area contributed by atoms with Crippen molar-refractivity contribution in [3.8, 4) is 0 Å². The van der Waals surface area contributed by atoms with Crippen LogP contribution in [0.4, 0.5) is 5.69 Å². The van der Waals surface area contributed by atoms with Gasteiger partial charge in [0.15, 0.2) is 0 Å². The van der Waals surface area contributed by atoms with Crippen LogP contribution in [-0.4, -0.2) is 20.9 Å². The van der Waals surface area contributed by atoms with Crippen LogP contribution in [0.15, 0.2) is 47.9 Å². The molecule has 0 aliphatic carbocycles. The molecule has 0 aliphatic rings. The molecule has 0 aliphatic heterocycles. The highest BCUT2D eigenvalue weighted by molar-refractivity contribution is 7.92. The highest BCUT2D eigenvalue weighted by Crippen LogP contribution is 2.22. The lowest BCUT2D eigenvalue weighted by atomic mass is 10.2. The van der Waals surface area contributed by atoms with Gasteiger partial charge in [0.1, 0.15) is 0 Å². The fourth-order valence-electron chi connectivity index (χ4n) is 2.03. The Morgan fingerprint density at radius 2 is 1.81 bits per heavy atom. The molecule has 2 rings (SSSR count). The zero-order valence-corrected chi connectivity index (χ0v) is 16.3. The number of carbonyl (C=O) groups excluding carboxylic acids is 1. The molecule has 0 aromatic heterocycles. The van der Waals surface area contributed by atoms with Gasteiger partial charge in [-0.25, -0.2) is 13.1 Å². The number of hydrogen-bond donors (Lipinski definition) is 2. The number of sulfonamides is 1. The molecule has 0 atom stereocenters. The van der Waals surface area contributed by atoms with Crippen molar-refractivity contribution >= 4 is 50.9 Å². The molecule has 2 aromatic carbocycles. The van der Waals surface area contributed by atoms with E-state index in [1.807, 2.05) is 13.0 Å². The van der Waals surface area contributed by atoms with Crippen LogP contribution in [0.3, 0.4) is 0 Å². The van der Waals surface area contributed by atoms with Gasteiger partial charge in [0, 0.05) is 23.4 Å². The minimum Gasteiger partial charge on any atom is -0.325 e. The molecular weight excluding hydrogens is 395 g/mol. The Morgan fingerprint density at radius 3 is 2.46 bits per heavy atom. The van der Waals surface area contributed by atoms with Crippen molar-refractivity contribution in [2.24, 2.45) is 0 Å². The van der Waals surface area contributed by atoms with E-state index in [0.717, 1.165) is 11.0 Å². The number of rotatable bonds is 7. The summed E-state index contributed by atoms with van der Waals surface area (Å²) < 4.78 is 26.2. The van der Waals surface area contributed by atoms with E-state index in [1.54, 1.807) is 36.4 Å². The number of benzene rings is 2. The van der Waals surface area contributed by atoms with Crippen LogP contribution in [0.1, 0.15) is 17.5 Å². The normalized spacial score (nSPS) is 11.7. The summed E-state index contributed by atoms with van der Waals surface area (Å²) in [6.45, 7) is 1.87. The highest BCUT2D eigenvalue weighted by Gasteiger charge is 2.09. The first kappa shape index (κ1) is 20.5. The topological polar surface area (TPSA) is 75.3 Å². The molecular formula is C18H18Cl2N2O3S. The van der Waals surface area contributed by atoms with Crippen LogP contribution in [-0.2, 0) is 14.8 Å². The standard InChI is InChI=1S/C18H18Cl2N2O3S/c1-13-2-7-17(16(20)12-13)22-18(23)8-10-21-26(24,25)11-9-14-3-5-15(19)6-4-14/h2-7,9,11-12,21H,8,10H2,1H3,(H,22,23)/b11-9+. The maximum atomic E-state index is 11.9. The van der Waals surface area contributed by atoms with Crippen molar-refractivity contribution in [2.45, 2.75) is 13.3 Å². The molecule has 0 saturated carbocycles. The van der Waals surface area contributed by atoms with Crippen molar-refractivity contribution in [1.82, 2.24) is 4.72 Å². The van der Waals surface area contributed by atoms with E-state index in [4.69, 9.17) is 23.2 Å². The Bertz CT molecular complexity index is 911. The fourth-order valence-corrected chi connectivity index (χ4v) is 3.26. The monoisotopic (exact) mass is 412 g/mol. The first-order chi connectivity index (χ1) is 12.2. The minimum atomic E-state index is -3.64. The minimum absolute atomic E-state index is 0.0157. The average molecular weight is 413 g/mol. The average Bonchev–Trinajstić information content (AvgIpc) is 2.57. The maximum Gasteiger partial charge on any atom is 0.233 e. The van der Waals surface area contributed by atoms with Gasteiger partial charge in [0.25, 0.3) is 0 Å². The number of anilines is 1.